The molecule has 2 saturated heterocycles. The second-order valence-corrected chi connectivity index (χ2v) is 7.46. The summed E-state index contributed by atoms with van der Waals surface area (Å²) in [5.74, 6) is 1.36. The smallest absolute Gasteiger partial charge is 0.272 e. The maximum absolute atomic E-state index is 12.5. The van der Waals surface area contributed by atoms with Crippen molar-refractivity contribution in [1.82, 2.24) is 25.8 Å². The molecule has 7 heteroatoms. The summed E-state index contributed by atoms with van der Waals surface area (Å²) in [5, 5.41) is 14.4. The number of aromatic nitrogens is 3. The Labute approximate surface area is 153 Å². The number of carbonyl (C=O) groups excluding carboxylic acids is 1. The van der Waals surface area contributed by atoms with E-state index in [2.05, 4.69) is 25.7 Å². The van der Waals surface area contributed by atoms with E-state index < -0.39 is 0 Å². The summed E-state index contributed by atoms with van der Waals surface area (Å²) >= 11 is 0. The number of pyridine rings is 1. The van der Waals surface area contributed by atoms with E-state index in [0.29, 0.717) is 23.8 Å². The van der Waals surface area contributed by atoms with E-state index >= 15 is 0 Å². The lowest BCUT2D eigenvalue weighted by atomic mass is 10.00. The van der Waals surface area contributed by atoms with Crippen LogP contribution < -0.4 is 15.5 Å². The minimum atomic E-state index is -0.119. The van der Waals surface area contributed by atoms with Gasteiger partial charge in [-0.05, 0) is 56.8 Å². The highest BCUT2D eigenvalue weighted by Gasteiger charge is 2.19. The molecule has 2 aliphatic heterocycles. The Morgan fingerprint density at radius 1 is 1.19 bits per heavy atom. The van der Waals surface area contributed by atoms with Gasteiger partial charge in [-0.3, -0.25) is 9.89 Å². The van der Waals surface area contributed by atoms with Crippen molar-refractivity contribution < 1.29 is 4.79 Å². The second-order valence-electron chi connectivity index (χ2n) is 7.46. The van der Waals surface area contributed by atoms with Crippen molar-refractivity contribution >= 4 is 22.8 Å². The fourth-order valence-electron chi connectivity index (χ4n) is 3.96. The van der Waals surface area contributed by atoms with Crippen LogP contribution in [0, 0.1) is 5.92 Å². The molecule has 0 aliphatic carbocycles. The molecular weight excluding hydrogens is 328 g/mol. The van der Waals surface area contributed by atoms with Crippen molar-refractivity contribution in [3.63, 3.8) is 0 Å². The Bertz CT molecular complexity index is 744. The normalized spacial score (nSPS) is 21.5. The molecule has 3 N–H and O–H groups in total. The van der Waals surface area contributed by atoms with Gasteiger partial charge in [0.1, 0.15) is 5.82 Å². The zero-order chi connectivity index (χ0) is 17.8. The number of anilines is 1. The van der Waals surface area contributed by atoms with Gasteiger partial charge in [-0.25, -0.2) is 4.98 Å². The number of nitrogens with one attached hydrogen (secondary N) is 3. The van der Waals surface area contributed by atoms with Crippen LogP contribution in [-0.4, -0.2) is 53.8 Å². The Morgan fingerprint density at radius 3 is 2.81 bits per heavy atom. The van der Waals surface area contributed by atoms with Gasteiger partial charge in [-0.2, -0.15) is 5.10 Å². The molecule has 26 heavy (non-hydrogen) atoms. The van der Waals surface area contributed by atoms with Crippen molar-refractivity contribution in [3.8, 4) is 0 Å². The van der Waals surface area contributed by atoms with E-state index in [1.54, 1.807) is 0 Å². The summed E-state index contributed by atoms with van der Waals surface area (Å²) < 4.78 is 0. The van der Waals surface area contributed by atoms with Crippen LogP contribution in [0.3, 0.4) is 0 Å². The van der Waals surface area contributed by atoms with E-state index in [-0.39, 0.29) is 5.91 Å². The molecule has 4 rings (SSSR count). The van der Waals surface area contributed by atoms with Crippen LogP contribution >= 0.6 is 0 Å². The van der Waals surface area contributed by atoms with Gasteiger partial charge in [0.05, 0.1) is 5.39 Å². The van der Waals surface area contributed by atoms with E-state index in [0.717, 1.165) is 43.8 Å². The summed E-state index contributed by atoms with van der Waals surface area (Å²) in [6.07, 6.45) is 7.36. The third kappa shape index (κ3) is 3.82. The zero-order valence-corrected chi connectivity index (χ0v) is 15.3. The summed E-state index contributed by atoms with van der Waals surface area (Å²) in [7, 11) is 0. The van der Waals surface area contributed by atoms with Crippen LogP contribution in [0.4, 0.5) is 5.82 Å². The number of rotatable bonds is 4. The molecule has 0 bridgehead atoms. The first-order valence-electron chi connectivity index (χ1n) is 9.90. The van der Waals surface area contributed by atoms with E-state index in [9.17, 15) is 4.79 Å². The van der Waals surface area contributed by atoms with Gasteiger partial charge in [0.25, 0.3) is 5.91 Å². The van der Waals surface area contributed by atoms with Crippen LogP contribution in [0.1, 0.15) is 49.0 Å². The summed E-state index contributed by atoms with van der Waals surface area (Å²) in [4.78, 5) is 19.6. The van der Waals surface area contributed by atoms with Gasteiger partial charge in [-0.15, -0.1) is 0 Å². The van der Waals surface area contributed by atoms with Crippen molar-refractivity contribution in [2.24, 2.45) is 5.92 Å². The second kappa shape index (κ2) is 8.03. The lowest BCUT2D eigenvalue weighted by Gasteiger charge is -2.22. The van der Waals surface area contributed by atoms with Gasteiger partial charge >= 0.3 is 0 Å². The molecule has 140 valence electrons. The van der Waals surface area contributed by atoms with Gasteiger partial charge in [0.15, 0.2) is 11.3 Å². The molecule has 0 saturated carbocycles. The number of hydrogen-bond donors (Lipinski definition) is 3. The lowest BCUT2D eigenvalue weighted by Crippen LogP contribution is -2.38. The van der Waals surface area contributed by atoms with E-state index in [1.165, 1.54) is 32.1 Å². The Balaban J connectivity index is 1.45. The number of piperidine rings is 1. The summed E-state index contributed by atoms with van der Waals surface area (Å²) in [6.45, 7) is 4.85. The Morgan fingerprint density at radius 2 is 2.04 bits per heavy atom. The topological polar surface area (TPSA) is 85.9 Å². The first kappa shape index (κ1) is 17.3. The number of carbonyl (C=O) groups is 1. The van der Waals surface area contributed by atoms with Crippen LogP contribution in [-0.2, 0) is 0 Å². The minimum Gasteiger partial charge on any atom is -0.357 e. The van der Waals surface area contributed by atoms with Crippen molar-refractivity contribution in [2.45, 2.75) is 38.5 Å². The van der Waals surface area contributed by atoms with E-state index in [1.807, 2.05) is 12.1 Å². The van der Waals surface area contributed by atoms with Crippen molar-refractivity contribution in [3.05, 3.63) is 17.8 Å². The van der Waals surface area contributed by atoms with Crippen LogP contribution in [0.2, 0.25) is 0 Å². The monoisotopic (exact) mass is 356 g/mol. The average molecular weight is 356 g/mol. The standard InChI is InChI=1S/C19H28N6O/c26-19(21-13-14-6-5-9-20-12-14)17-15-7-8-16(22-18(15)24-23-17)25-10-3-1-2-4-11-25/h7-8,14,20H,1-6,9-13H2,(H,21,26)(H,22,23,24). The molecule has 2 aromatic heterocycles. The highest BCUT2D eigenvalue weighted by atomic mass is 16.1. The lowest BCUT2D eigenvalue weighted by molar-refractivity contribution is 0.0941. The molecule has 4 heterocycles. The Hall–Kier alpha value is -2.15. The Kier molecular flexibility index (Phi) is 5.34. The highest BCUT2D eigenvalue weighted by Crippen LogP contribution is 2.22. The number of amides is 1. The molecule has 2 aromatic rings. The molecule has 0 aromatic carbocycles. The van der Waals surface area contributed by atoms with Gasteiger partial charge in [0, 0.05) is 19.6 Å². The first-order valence-corrected chi connectivity index (χ1v) is 9.90. The first-order chi connectivity index (χ1) is 12.8. The third-order valence-electron chi connectivity index (χ3n) is 5.50. The number of aromatic amines is 1. The largest absolute Gasteiger partial charge is 0.357 e. The molecule has 1 unspecified atom stereocenters. The molecule has 2 fully saturated rings. The molecule has 0 radical (unpaired) electrons. The van der Waals surface area contributed by atoms with Gasteiger partial charge < -0.3 is 15.5 Å². The average Bonchev–Trinajstić information content (AvgIpc) is 2.92. The molecule has 7 nitrogen and oxygen atoms in total. The molecule has 2 aliphatic rings. The van der Waals surface area contributed by atoms with Gasteiger partial charge in [0.2, 0.25) is 0 Å². The van der Waals surface area contributed by atoms with E-state index in [4.69, 9.17) is 4.98 Å². The fourth-order valence-corrected chi connectivity index (χ4v) is 3.96. The van der Waals surface area contributed by atoms with Gasteiger partial charge in [-0.1, -0.05) is 12.8 Å². The molecule has 1 amide bonds. The zero-order valence-electron chi connectivity index (χ0n) is 15.3. The number of H-pyrrole nitrogens is 1. The highest BCUT2D eigenvalue weighted by molar-refractivity contribution is 6.04. The quantitative estimate of drug-likeness (QED) is 0.781. The van der Waals surface area contributed by atoms with Crippen LogP contribution in [0.15, 0.2) is 12.1 Å². The SMILES string of the molecule is O=C(NCC1CCCNC1)c1n[nH]c2nc(N3CCCCCC3)ccc12. The minimum absolute atomic E-state index is 0.119. The summed E-state index contributed by atoms with van der Waals surface area (Å²) in [5.41, 5.74) is 1.13. The molecule has 1 atom stereocenters. The predicted molar refractivity (Wildman–Crippen MR) is 102 cm³/mol. The molecule has 0 spiro atoms. The molecular formula is C19H28N6O. The van der Waals surface area contributed by atoms with Crippen LogP contribution in [0.5, 0.6) is 0 Å². The van der Waals surface area contributed by atoms with Crippen molar-refractivity contribution in [1.29, 1.82) is 0 Å². The van der Waals surface area contributed by atoms with Crippen molar-refractivity contribution in [2.75, 3.05) is 37.6 Å². The number of nitrogens with zero attached hydrogens (tertiary/aromatic N) is 3. The predicted octanol–water partition coefficient (Wildman–Crippen LogP) is 2.07. The number of fused-ring (bicyclic) bond motifs is 1. The maximum Gasteiger partial charge on any atom is 0.272 e. The number of hydrogen-bond acceptors (Lipinski definition) is 5. The fraction of sp³-hybridized carbons (Fsp3) is 0.632. The maximum atomic E-state index is 12.5. The third-order valence-corrected chi connectivity index (χ3v) is 5.50. The summed E-state index contributed by atoms with van der Waals surface area (Å²) in [6, 6.07) is 3.99. The van der Waals surface area contributed by atoms with Crippen LogP contribution in [0.25, 0.3) is 11.0 Å².